The second-order valence-electron chi connectivity index (χ2n) is 3.80. The molecule has 0 aliphatic heterocycles. The van der Waals surface area contributed by atoms with Gasteiger partial charge in [-0.15, -0.1) is 0 Å². The highest BCUT2D eigenvalue weighted by Crippen LogP contribution is 2.29. The van der Waals surface area contributed by atoms with Crippen LogP contribution in [0.25, 0.3) is 0 Å². The van der Waals surface area contributed by atoms with Crippen molar-refractivity contribution < 1.29 is 31.9 Å². The van der Waals surface area contributed by atoms with E-state index in [1.54, 1.807) is 0 Å². The molecular formula is C12H5F5N2O2. The normalized spacial score (nSPS) is 10.5. The van der Waals surface area contributed by atoms with Crippen LogP contribution >= 0.6 is 0 Å². The number of rotatable bonds is 3. The molecule has 0 spiro atoms. The minimum absolute atomic E-state index is 0.203. The highest BCUT2D eigenvalue weighted by Gasteiger charge is 2.25. The number of pyridine rings is 1. The predicted octanol–water partition coefficient (Wildman–Crippen LogP) is 3.22. The van der Waals surface area contributed by atoms with Gasteiger partial charge in [-0.05, 0) is 12.1 Å². The van der Waals surface area contributed by atoms with Gasteiger partial charge in [-0.25, -0.2) is 31.7 Å². The summed E-state index contributed by atoms with van der Waals surface area (Å²) in [5.41, 5.74) is -1.96. The fourth-order valence-electron chi connectivity index (χ4n) is 1.48. The molecule has 2 rings (SSSR count). The van der Waals surface area contributed by atoms with Crippen molar-refractivity contribution in [2.45, 2.75) is 0 Å². The Hall–Kier alpha value is -2.71. The van der Waals surface area contributed by atoms with E-state index in [0.29, 0.717) is 0 Å². The Morgan fingerprint density at radius 1 is 1.00 bits per heavy atom. The summed E-state index contributed by atoms with van der Waals surface area (Å²) in [7, 11) is 0. The molecule has 0 aliphatic rings. The number of nitrogens with one attached hydrogen (secondary N) is 1. The maximum atomic E-state index is 13.4. The van der Waals surface area contributed by atoms with Crippen LogP contribution in [0.4, 0.5) is 33.3 Å². The lowest BCUT2D eigenvalue weighted by atomic mass is 10.2. The number of benzene rings is 1. The first-order valence-electron chi connectivity index (χ1n) is 5.30. The maximum absolute atomic E-state index is 13.4. The van der Waals surface area contributed by atoms with E-state index < -0.39 is 46.4 Å². The van der Waals surface area contributed by atoms with E-state index in [1.165, 1.54) is 0 Å². The van der Waals surface area contributed by atoms with Crippen LogP contribution in [0.5, 0.6) is 0 Å². The van der Waals surface area contributed by atoms with Gasteiger partial charge in [0.05, 0.1) is 0 Å². The molecule has 0 radical (unpaired) electrons. The summed E-state index contributed by atoms with van der Waals surface area (Å²) in [5, 5.41) is 10.6. The van der Waals surface area contributed by atoms with E-state index in [0.717, 1.165) is 18.3 Å². The number of hydrogen-bond acceptors (Lipinski definition) is 3. The summed E-state index contributed by atoms with van der Waals surface area (Å²) >= 11 is 0. The Kier molecular flexibility index (Phi) is 3.74. The number of carboxylic acid groups (broad SMARTS) is 1. The van der Waals surface area contributed by atoms with Gasteiger partial charge in [0.25, 0.3) is 0 Å². The van der Waals surface area contributed by atoms with Crippen LogP contribution in [0.1, 0.15) is 10.5 Å². The molecule has 0 saturated carbocycles. The molecule has 0 unspecified atom stereocenters. The SMILES string of the molecule is O=C(O)c1cc(Nc2c(F)c(F)c(F)c(F)c2F)ccn1. The first-order valence-corrected chi connectivity index (χ1v) is 5.30. The first kappa shape index (κ1) is 14.7. The standard InChI is InChI=1S/C12H5F5N2O2/c13-6-7(14)9(16)11(10(17)8(6)15)19-4-1-2-18-5(3-4)12(20)21/h1-3H,(H,18,19)(H,20,21). The number of hydrogen-bond donors (Lipinski definition) is 2. The average molecular weight is 304 g/mol. The molecule has 2 aromatic rings. The average Bonchev–Trinajstić information content (AvgIpc) is 2.48. The van der Waals surface area contributed by atoms with Crippen LogP contribution in [0.2, 0.25) is 0 Å². The molecule has 1 aromatic heterocycles. The minimum Gasteiger partial charge on any atom is -0.477 e. The molecule has 0 fully saturated rings. The van der Waals surface area contributed by atoms with Gasteiger partial charge in [-0.2, -0.15) is 0 Å². The number of aromatic nitrogens is 1. The molecule has 110 valence electrons. The van der Waals surface area contributed by atoms with E-state index in [4.69, 9.17) is 5.11 Å². The number of carboxylic acids is 1. The third-order valence-corrected chi connectivity index (χ3v) is 2.46. The second kappa shape index (κ2) is 5.35. The molecule has 21 heavy (non-hydrogen) atoms. The van der Waals surface area contributed by atoms with E-state index in [2.05, 4.69) is 4.98 Å². The fraction of sp³-hybridized carbons (Fsp3) is 0. The van der Waals surface area contributed by atoms with Gasteiger partial charge in [0.1, 0.15) is 11.4 Å². The second-order valence-corrected chi connectivity index (χ2v) is 3.80. The third kappa shape index (κ3) is 2.62. The molecule has 0 saturated heterocycles. The zero-order valence-electron chi connectivity index (χ0n) is 9.92. The van der Waals surface area contributed by atoms with Crippen molar-refractivity contribution in [1.82, 2.24) is 4.98 Å². The molecule has 0 atom stereocenters. The molecule has 1 aromatic carbocycles. The number of nitrogens with zero attached hydrogens (tertiary/aromatic N) is 1. The Balaban J connectivity index is 2.50. The van der Waals surface area contributed by atoms with Crippen molar-refractivity contribution in [2.24, 2.45) is 0 Å². The van der Waals surface area contributed by atoms with Crippen LogP contribution in [0.15, 0.2) is 18.3 Å². The van der Waals surface area contributed by atoms with Gasteiger partial charge in [0.2, 0.25) is 5.82 Å². The summed E-state index contributed by atoms with van der Waals surface area (Å²) in [6.07, 6.45) is 0.998. The summed E-state index contributed by atoms with van der Waals surface area (Å²) < 4.78 is 65.7. The summed E-state index contributed by atoms with van der Waals surface area (Å²) in [4.78, 5) is 14.1. The van der Waals surface area contributed by atoms with Gasteiger partial charge in [-0.3, -0.25) is 0 Å². The number of aromatic carboxylic acids is 1. The monoisotopic (exact) mass is 304 g/mol. The Morgan fingerprint density at radius 3 is 2.05 bits per heavy atom. The van der Waals surface area contributed by atoms with E-state index in [9.17, 15) is 26.7 Å². The molecule has 4 nitrogen and oxygen atoms in total. The van der Waals surface area contributed by atoms with Gasteiger partial charge in [0, 0.05) is 11.9 Å². The fourth-order valence-corrected chi connectivity index (χ4v) is 1.48. The first-order chi connectivity index (χ1) is 9.82. The molecular weight excluding hydrogens is 299 g/mol. The van der Waals surface area contributed by atoms with Crippen molar-refractivity contribution in [3.05, 3.63) is 53.1 Å². The molecule has 1 heterocycles. The number of carbonyl (C=O) groups is 1. The maximum Gasteiger partial charge on any atom is 0.354 e. The molecule has 0 bridgehead atoms. The van der Waals surface area contributed by atoms with E-state index >= 15 is 0 Å². The topological polar surface area (TPSA) is 62.2 Å². The molecule has 2 N–H and O–H groups in total. The van der Waals surface area contributed by atoms with Gasteiger partial charge in [-0.1, -0.05) is 0 Å². The van der Waals surface area contributed by atoms with Crippen molar-refractivity contribution in [2.75, 3.05) is 5.32 Å². The van der Waals surface area contributed by atoms with Crippen LogP contribution in [0.3, 0.4) is 0 Å². The lowest BCUT2D eigenvalue weighted by Crippen LogP contribution is -2.07. The lowest BCUT2D eigenvalue weighted by molar-refractivity contribution is 0.0690. The van der Waals surface area contributed by atoms with E-state index in [1.807, 2.05) is 5.32 Å². The van der Waals surface area contributed by atoms with Crippen molar-refractivity contribution in [3.63, 3.8) is 0 Å². The van der Waals surface area contributed by atoms with Gasteiger partial charge in [0.15, 0.2) is 23.3 Å². The number of anilines is 2. The van der Waals surface area contributed by atoms with Crippen LogP contribution in [-0.2, 0) is 0 Å². The minimum atomic E-state index is -2.28. The van der Waals surface area contributed by atoms with Crippen molar-refractivity contribution in [1.29, 1.82) is 0 Å². The zero-order chi connectivity index (χ0) is 15.7. The Bertz CT molecular complexity index is 707. The quantitative estimate of drug-likeness (QED) is 0.519. The number of halogens is 5. The van der Waals surface area contributed by atoms with Crippen LogP contribution < -0.4 is 5.32 Å². The van der Waals surface area contributed by atoms with Crippen molar-refractivity contribution >= 4 is 17.3 Å². The Morgan fingerprint density at radius 2 is 1.52 bits per heavy atom. The molecule has 0 aliphatic carbocycles. The molecule has 0 amide bonds. The summed E-state index contributed by atoms with van der Waals surface area (Å²) in [5.74, 6) is -12.0. The predicted molar refractivity (Wildman–Crippen MR) is 60.7 cm³/mol. The van der Waals surface area contributed by atoms with E-state index in [-0.39, 0.29) is 5.69 Å². The largest absolute Gasteiger partial charge is 0.477 e. The zero-order valence-corrected chi connectivity index (χ0v) is 9.92. The van der Waals surface area contributed by atoms with Crippen molar-refractivity contribution in [3.8, 4) is 0 Å². The molecule has 9 heteroatoms. The highest BCUT2D eigenvalue weighted by atomic mass is 19.2. The highest BCUT2D eigenvalue weighted by molar-refractivity contribution is 5.86. The van der Waals surface area contributed by atoms with Crippen LogP contribution in [0, 0.1) is 29.1 Å². The summed E-state index contributed by atoms with van der Waals surface area (Å²) in [6.45, 7) is 0. The van der Waals surface area contributed by atoms with Crippen LogP contribution in [-0.4, -0.2) is 16.1 Å². The third-order valence-electron chi connectivity index (χ3n) is 2.46. The Labute approximate surface area is 113 Å². The van der Waals surface area contributed by atoms with Gasteiger partial charge >= 0.3 is 5.97 Å². The smallest absolute Gasteiger partial charge is 0.354 e. The lowest BCUT2D eigenvalue weighted by Gasteiger charge is -2.11. The van der Waals surface area contributed by atoms with Gasteiger partial charge < -0.3 is 10.4 Å². The summed E-state index contributed by atoms with van der Waals surface area (Å²) in [6, 6.07) is 1.98.